The molecule has 23 heavy (non-hydrogen) atoms. The highest BCUT2D eigenvalue weighted by Crippen LogP contribution is 2.34. The molecule has 8 nitrogen and oxygen atoms in total. The molecule has 9 heteroatoms. The van der Waals surface area contributed by atoms with Gasteiger partial charge in [0.25, 0.3) is 0 Å². The van der Waals surface area contributed by atoms with Gasteiger partial charge in [-0.1, -0.05) is 11.6 Å². The Balaban J connectivity index is 1.92. The molecule has 0 saturated carbocycles. The first kappa shape index (κ1) is 15.5. The minimum absolute atomic E-state index is 0.0471. The maximum Gasteiger partial charge on any atom is 0.318 e. The third kappa shape index (κ3) is 2.81. The number of methoxy groups -OCH3 is 1. The fourth-order valence-electron chi connectivity index (χ4n) is 2.80. The van der Waals surface area contributed by atoms with Gasteiger partial charge in [0.1, 0.15) is 5.02 Å². The standard InChI is InChI=1S/C14H17ClN6O2/c1-20-11(22)6-9(12(20)10-4-5-17-21(10)2)18-13-8(15)7-16-14(19-13)23-3/h4-5,7,9,12H,6H2,1-3H3,(H,16,18,19)/t9-,12-/m1/s1. The number of anilines is 1. The summed E-state index contributed by atoms with van der Waals surface area (Å²) in [7, 11) is 5.12. The molecule has 0 spiro atoms. The Labute approximate surface area is 138 Å². The number of hydrogen-bond donors (Lipinski definition) is 1. The van der Waals surface area contributed by atoms with E-state index in [1.54, 1.807) is 22.8 Å². The molecular formula is C14H17ClN6O2. The lowest BCUT2D eigenvalue weighted by molar-refractivity contribution is -0.127. The van der Waals surface area contributed by atoms with Crippen LogP contribution in [-0.2, 0) is 11.8 Å². The Hall–Kier alpha value is -2.35. The summed E-state index contributed by atoms with van der Waals surface area (Å²) in [5.74, 6) is 0.490. The number of ether oxygens (including phenoxy) is 1. The zero-order chi connectivity index (χ0) is 16.6. The van der Waals surface area contributed by atoms with Crippen molar-refractivity contribution in [3.8, 4) is 6.01 Å². The molecule has 0 unspecified atom stereocenters. The minimum atomic E-state index is -0.181. The van der Waals surface area contributed by atoms with E-state index in [0.29, 0.717) is 17.3 Å². The summed E-state index contributed by atoms with van der Waals surface area (Å²) in [4.78, 5) is 22.0. The fourth-order valence-corrected chi connectivity index (χ4v) is 2.95. The number of carbonyl (C=O) groups excluding carboxylic acids is 1. The van der Waals surface area contributed by atoms with Crippen molar-refractivity contribution in [3.05, 3.63) is 29.2 Å². The number of carbonyl (C=O) groups is 1. The maximum atomic E-state index is 12.2. The van der Waals surface area contributed by atoms with E-state index in [1.807, 2.05) is 13.1 Å². The zero-order valence-electron chi connectivity index (χ0n) is 13.0. The second-order valence-corrected chi connectivity index (χ2v) is 5.74. The predicted octanol–water partition coefficient (Wildman–Crippen LogP) is 1.26. The summed E-state index contributed by atoms with van der Waals surface area (Å²) in [6.45, 7) is 0. The number of hydrogen-bond acceptors (Lipinski definition) is 6. The van der Waals surface area contributed by atoms with Gasteiger partial charge in [-0.2, -0.15) is 10.1 Å². The number of nitrogens with one attached hydrogen (secondary N) is 1. The van der Waals surface area contributed by atoms with E-state index in [4.69, 9.17) is 16.3 Å². The van der Waals surface area contributed by atoms with E-state index < -0.39 is 0 Å². The second kappa shape index (κ2) is 6.04. The first-order valence-electron chi connectivity index (χ1n) is 7.08. The summed E-state index contributed by atoms with van der Waals surface area (Å²) < 4.78 is 6.78. The number of likely N-dealkylation sites (N-methyl/N-ethyl adjacent to an activating group) is 1. The molecule has 1 amide bonds. The molecule has 2 aromatic rings. The lowest BCUT2D eigenvalue weighted by Crippen LogP contribution is -2.31. The van der Waals surface area contributed by atoms with Crippen LogP contribution in [0.15, 0.2) is 18.5 Å². The number of likely N-dealkylation sites (tertiary alicyclic amines) is 1. The van der Waals surface area contributed by atoms with Crippen molar-refractivity contribution in [1.82, 2.24) is 24.6 Å². The van der Waals surface area contributed by atoms with Crippen LogP contribution in [0.2, 0.25) is 5.02 Å². The Morgan fingerprint density at radius 2 is 2.22 bits per heavy atom. The topological polar surface area (TPSA) is 85.2 Å². The summed E-state index contributed by atoms with van der Waals surface area (Å²) in [5, 5.41) is 7.80. The summed E-state index contributed by atoms with van der Waals surface area (Å²) in [6, 6.07) is 1.77. The Bertz CT molecular complexity index is 734. The Morgan fingerprint density at radius 1 is 1.43 bits per heavy atom. The largest absolute Gasteiger partial charge is 0.467 e. The average molecular weight is 337 g/mol. The van der Waals surface area contributed by atoms with Crippen molar-refractivity contribution in [2.45, 2.75) is 18.5 Å². The smallest absolute Gasteiger partial charge is 0.318 e. The first-order valence-corrected chi connectivity index (χ1v) is 7.45. The van der Waals surface area contributed by atoms with Crippen molar-refractivity contribution in [3.63, 3.8) is 0 Å². The SMILES string of the molecule is COc1ncc(Cl)c(N[C@@H]2CC(=O)N(C)[C@H]2c2ccnn2C)n1. The molecule has 0 radical (unpaired) electrons. The van der Waals surface area contributed by atoms with Crippen LogP contribution in [-0.4, -0.2) is 50.8 Å². The third-order valence-electron chi connectivity index (χ3n) is 3.97. The quantitative estimate of drug-likeness (QED) is 0.904. The highest BCUT2D eigenvalue weighted by atomic mass is 35.5. The van der Waals surface area contributed by atoms with Crippen LogP contribution in [0, 0.1) is 0 Å². The van der Waals surface area contributed by atoms with Gasteiger partial charge in [-0.15, -0.1) is 0 Å². The Kier molecular flexibility index (Phi) is 4.08. The van der Waals surface area contributed by atoms with Crippen LogP contribution in [0.25, 0.3) is 0 Å². The van der Waals surface area contributed by atoms with Crippen molar-refractivity contribution < 1.29 is 9.53 Å². The van der Waals surface area contributed by atoms with Crippen molar-refractivity contribution in [2.24, 2.45) is 7.05 Å². The summed E-state index contributed by atoms with van der Waals surface area (Å²) in [6.07, 6.45) is 3.52. The molecule has 2 aromatic heterocycles. The van der Waals surface area contributed by atoms with Gasteiger partial charge in [0.05, 0.1) is 31.1 Å². The van der Waals surface area contributed by atoms with Crippen LogP contribution in [0.1, 0.15) is 18.2 Å². The molecule has 3 rings (SSSR count). The average Bonchev–Trinajstić information content (AvgIpc) is 3.06. The van der Waals surface area contributed by atoms with E-state index >= 15 is 0 Å². The summed E-state index contributed by atoms with van der Waals surface area (Å²) >= 11 is 6.15. The van der Waals surface area contributed by atoms with E-state index in [1.165, 1.54) is 13.3 Å². The molecule has 1 aliphatic rings. The molecule has 1 saturated heterocycles. The van der Waals surface area contributed by atoms with Crippen LogP contribution in [0.4, 0.5) is 5.82 Å². The van der Waals surface area contributed by atoms with Gasteiger partial charge < -0.3 is 15.0 Å². The number of amides is 1. The third-order valence-corrected chi connectivity index (χ3v) is 4.25. The molecular weight excluding hydrogens is 320 g/mol. The summed E-state index contributed by atoms with van der Waals surface area (Å²) in [5.41, 5.74) is 0.938. The van der Waals surface area contributed by atoms with Gasteiger partial charge in [0.2, 0.25) is 5.91 Å². The van der Waals surface area contributed by atoms with Crippen LogP contribution < -0.4 is 10.1 Å². The van der Waals surface area contributed by atoms with Gasteiger partial charge in [-0.25, -0.2) is 4.98 Å². The number of aryl methyl sites for hydroxylation is 1. The molecule has 0 bridgehead atoms. The van der Waals surface area contributed by atoms with Crippen LogP contribution >= 0.6 is 11.6 Å². The van der Waals surface area contributed by atoms with E-state index in [9.17, 15) is 4.79 Å². The molecule has 1 N–H and O–H groups in total. The minimum Gasteiger partial charge on any atom is -0.467 e. The maximum absolute atomic E-state index is 12.2. The van der Waals surface area contributed by atoms with Crippen molar-refractivity contribution >= 4 is 23.3 Å². The van der Waals surface area contributed by atoms with Gasteiger partial charge in [0, 0.05) is 26.7 Å². The number of halogens is 1. The van der Waals surface area contributed by atoms with Gasteiger partial charge in [-0.05, 0) is 6.07 Å². The van der Waals surface area contributed by atoms with E-state index in [2.05, 4.69) is 20.4 Å². The Morgan fingerprint density at radius 3 is 2.87 bits per heavy atom. The monoisotopic (exact) mass is 336 g/mol. The number of nitrogens with zero attached hydrogens (tertiary/aromatic N) is 5. The van der Waals surface area contributed by atoms with Gasteiger partial charge in [-0.3, -0.25) is 9.48 Å². The van der Waals surface area contributed by atoms with Crippen molar-refractivity contribution in [1.29, 1.82) is 0 Å². The molecule has 122 valence electrons. The highest BCUT2D eigenvalue weighted by Gasteiger charge is 2.40. The van der Waals surface area contributed by atoms with Gasteiger partial charge >= 0.3 is 6.01 Å². The molecule has 3 heterocycles. The molecule has 0 aliphatic carbocycles. The fraction of sp³-hybridized carbons (Fsp3) is 0.429. The molecule has 1 aliphatic heterocycles. The second-order valence-electron chi connectivity index (χ2n) is 5.34. The number of rotatable bonds is 4. The van der Waals surface area contributed by atoms with E-state index in [-0.39, 0.29) is 24.0 Å². The first-order chi connectivity index (χ1) is 11.0. The number of aromatic nitrogens is 4. The molecule has 1 fully saturated rings. The normalized spacial score (nSPS) is 20.9. The highest BCUT2D eigenvalue weighted by molar-refractivity contribution is 6.32. The zero-order valence-corrected chi connectivity index (χ0v) is 13.8. The van der Waals surface area contributed by atoms with Crippen LogP contribution in [0.5, 0.6) is 6.01 Å². The molecule has 0 aromatic carbocycles. The lowest BCUT2D eigenvalue weighted by atomic mass is 10.1. The van der Waals surface area contributed by atoms with Crippen molar-refractivity contribution in [2.75, 3.05) is 19.5 Å². The van der Waals surface area contributed by atoms with Gasteiger partial charge in [0.15, 0.2) is 5.82 Å². The lowest BCUT2D eigenvalue weighted by Gasteiger charge is -2.26. The predicted molar refractivity (Wildman–Crippen MR) is 84.3 cm³/mol. The van der Waals surface area contributed by atoms with Crippen LogP contribution in [0.3, 0.4) is 0 Å². The molecule has 2 atom stereocenters. The van der Waals surface area contributed by atoms with E-state index in [0.717, 1.165) is 5.69 Å².